The number of fused-ring (bicyclic) bond motifs is 3. The van der Waals surface area contributed by atoms with Crippen LogP contribution in [0.25, 0.3) is 21.5 Å². The zero-order chi connectivity index (χ0) is 15.2. The van der Waals surface area contributed by atoms with E-state index in [0.717, 1.165) is 6.42 Å². The molecule has 0 aliphatic heterocycles. The Labute approximate surface area is 132 Å². The predicted octanol–water partition coefficient (Wildman–Crippen LogP) is 6.24. The lowest BCUT2D eigenvalue weighted by Gasteiger charge is -2.02. The highest BCUT2D eigenvalue weighted by Gasteiger charge is 1.97. The number of rotatable bonds is 1. The number of aryl methyl sites for hydroxylation is 1. The Balaban J connectivity index is 0.000000154. The SMILES string of the molecule is CCc1ccccc1.c1ccc2c(c1)ccc1ccccc12. The van der Waals surface area contributed by atoms with Crippen molar-refractivity contribution in [3.05, 3.63) is 96.6 Å². The standard InChI is InChI=1S/C14H10.C8H10/c1-3-7-13-11(5-1)9-10-12-6-2-4-8-14(12)13;1-2-8-6-4-3-5-7-8/h1-10H;3-7H,2H2,1H3. The van der Waals surface area contributed by atoms with E-state index in [1.54, 1.807) is 0 Å². The van der Waals surface area contributed by atoms with Gasteiger partial charge in [0.1, 0.15) is 0 Å². The maximum absolute atomic E-state index is 2.18. The fourth-order valence-corrected chi connectivity index (χ4v) is 2.67. The third-order valence-electron chi connectivity index (χ3n) is 3.91. The molecule has 22 heavy (non-hydrogen) atoms. The molecule has 0 spiro atoms. The molecule has 0 heteroatoms. The fourth-order valence-electron chi connectivity index (χ4n) is 2.67. The van der Waals surface area contributed by atoms with Gasteiger partial charge < -0.3 is 0 Å². The van der Waals surface area contributed by atoms with E-state index in [0.29, 0.717) is 0 Å². The minimum Gasteiger partial charge on any atom is -0.0622 e. The van der Waals surface area contributed by atoms with Crippen molar-refractivity contribution in [1.82, 2.24) is 0 Å². The minimum atomic E-state index is 1.14. The van der Waals surface area contributed by atoms with E-state index in [-0.39, 0.29) is 0 Å². The number of hydrogen-bond acceptors (Lipinski definition) is 0. The Kier molecular flexibility index (Phi) is 4.50. The summed E-state index contributed by atoms with van der Waals surface area (Å²) in [7, 11) is 0. The summed E-state index contributed by atoms with van der Waals surface area (Å²) in [4.78, 5) is 0. The summed E-state index contributed by atoms with van der Waals surface area (Å²) in [5.74, 6) is 0. The van der Waals surface area contributed by atoms with Crippen LogP contribution in [0.3, 0.4) is 0 Å². The van der Waals surface area contributed by atoms with Gasteiger partial charge in [-0.1, -0.05) is 97.9 Å². The van der Waals surface area contributed by atoms with Gasteiger partial charge in [-0.05, 0) is 33.5 Å². The van der Waals surface area contributed by atoms with Crippen LogP contribution in [0.5, 0.6) is 0 Å². The van der Waals surface area contributed by atoms with Crippen molar-refractivity contribution in [2.45, 2.75) is 13.3 Å². The quantitative estimate of drug-likeness (QED) is 0.363. The van der Waals surface area contributed by atoms with Crippen molar-refractivity contribution in [1.29, 1.82) is 0 Å². The maximum atomic E-state index is 2.18. The average Bonchev–Trinajstić information content (AvgIpc) is 2.63. The van der Waals surface area contributed by atoms with E-state index in [9.17, 15) is 0 Å². The van der Waals surface area contributed by atoms with Crippen molar-refractivity contribution in [3.63, 3.8) is 0 Å². The first-order chi connectivity index (χ1) is 10.9. The van der Waals surface area contributed by atoms with Gasteiger partial charge in [0.05, 0.1) is 0 Å². The van der Waals surface area contributed by atoms with Crippen molar-refractivity contribution >= 4 is 21.5 Å². The molecule has 0 amide bonds. The highest BCUT2D eigenvalue weighted by molar-refractivity contribution is 6.07. The van der Waals surface area contributed by atoms with Gasteiger partial charge in [0, 0.05) is 0 Å². The van der Waals surface area contributed by atoms with Crippen molar-refractivity contribution in [2.24, 2.45) is 0 Å². The third-order valence-corrected chi connectivity index (χ3v) is 3.91. The summed E-state index contributed by atoms with van der Waals surface area (Å²) in [5, 5.41) is 5.30. The lowest BCUT2D eigenvalue weighted by Crippen LogP contribution is -1.75. The van der Waals surface area contributed by atoms with Gasteiger partial charge in [-0.25, -0.2) is 0 Å². The van der Waals surface area contributed by atoms with E-state index in [1.807, 2.05) is 6.07 Å². The first kappa shape index (κ1) is 14.3. The van der Waals surface area contributed by atoms with E-state index in [1.165, 1.54) is 27.1 Å². The Morgan fingerprint density at radius 3 is 1.41 bits per heavy atom. The first-order valence-corrected chi connectivity index (χ1v) is 7.79. The van der Waals surface area contributed by atoms with Crippen molar-refractivity contribution in [3.8, 4) is 0 Å². The van der Waals surface area contributed by atoms with E-state index >= 15 is 0 Å². The molecule has 108 valence electrons. The molecule has 0 heterocycles. The van der Waals surface area contributed by atoms with Crippen molar-refractivity contribution in [2.75, 3.05) is 0 Å². The summed E-state index contributed by atoms with van der Waals surface area (Å²) < 4.78 is 0. The van der Waals surface area contributed by atoms with Gasteiger partial charge in [0.25, 0.3) is 0 Å². The van der Waals surface area contributed by atoms with Crippen LogP contribution in [0.1, 0.15) is 12.5 Å². The molecule has 4 rings (SSSR count). The van der Waals surface area contributed by atoms with Gasteiger partial charge >= 0.3 is 0 Å². The molecule has 0 saturated heterocycles. The van der Waals surface area contributed by atoms with Crippen molar-refractivity contribution < 1.29 is 0 Å². The molecule has 0 aliphatic rings. The Morgan fingerprint density at radius 1 is 0.500 bits per heavy atom. The molecule has 0 saturated carbocycles. The van der Waals surface area contributed by atoms with Crippen LogP contribution in [-0.2, 0) is 6.42 Å². The van der Waals surface area contributed by atoms with Crippen LogP contribution >= 0.6 is 0 Å². The Hall–Kier alpha value is -2.60. The largest absolute Gasteiger partial charge is 0.0622 e. The second-order valence-electron chi connectivity index (χ2n) is 5.35. The first-order valence-electron chi connectivity index (χ1n) is 7.79. The Bertz CT molecular complexity index is 805. The smallest absolute Gasteiger partial charge is 0.0105 e. The van der Waals surface area contributed by atoms with Gasteiger partial charge in [-0.3, -0.25) is 0 Å². The topological polar surface area (TPSA) is 0 Å². The lowest BCUT2D eigenvalue weighted by atomic mass is 10.0. The summed E-state index contributed by atoms with van der Waals surface area (Å²) in [5.41, 5.74) is 1.41. The lowest BCUT2D eigenvalue weighted by molar-refractivity contribution is 1.14. The number of hydrogen-bond donors (Lipinski definition) is 0. The zero-order valence-electron chi connectivity index (χ0n) is 12.9. The average molecular weight is 284 g/mol. The number of benzene rings is 4. The maximum Gasteiger partial charge on any atom is -0.0105 e. The Morgan fingerprint density at radius 2 is 0.955 bits per heavy atom. The molecule has 0 radical (unpaired) electrons. The zero-order valence-corrected chi connectivity index (χ0v) is 12.9. The highest BCUT2D eigenvalue weighted by atomic mass is 14.0. The van der Waals surface area contributed by atoms with Crippen LogP contribution in [0.2, 0.25) is 0 Å². The molecule has 0 aromatic heterocycles. The second-order valence-corrected chi connectivity index (χ2v) is 5.35. The van der Waals surface area contributed by atoms with E-state index in [2.05, 4.69) is 91.9 Å². The van der Waals surface area contributed by atoms with Crippen LogP contribution in [0.15, 0.2) is 91.0 Å². The van der Waals surface area contributed by atoms with Gasteiger partial charge in [-0.2, -0.15) is 0 Å². The normalized spacial score (nSPS) is 10.2. The summed E-state index contributed by atoms with van der Waals surface area (Å²) in [6.45, 7) is 2.16. The highest BCUT2D eigenvalue weighted by Crippen LogP contribution is 2.24. The van der Waals surface area contributed by atoms with Gasteiger partial charge in [0.15, 0.2) is 0 Å². The molecular weight excluding hydrogens is 264 g/mol. The fraction of sp³-hybridized carbons (Fsp3) is 0.0909. The van der Waals surface area contributed by atoms with Gasteiger partial charge in [-0.15, -0.1) is 0 Å². The molecule has 0 N–H and O–H groups in total. The molecule has 4 aromatic carbocycles. The predicted molar refractivity (Wildman–Crippen MR) is 97.3 cm³/mol. The van der Waals surface area contributed by atoms with Crippen LogP contribution in [0, 0.1) is 0 Å². The van der Waals surface area contributed by atoms with Crippen LogP contribution in [-0.4, -0.2) is 0 Å². The van der Waals surface area contributed by atoms with E-state index in [4.69, 9.17) is 0 Å². The third kappa shape index (κ3) is 3.17. The van der Waals surface area contributed by atoms with Crippen LogP contribution < -0.4 is 0 Å². The van der Waals surface area contributed by atoms with Gasteiger partial charge in [0.2, 0.25) is 0 Å². The molecule has 0 nitrogen and oxygen atoms in total. The summed E-state index contributed by atoms with van der Waals surface area (Å²) >= 11 is 0. The van der Waals surface area contributed by atoms with E-state index < -0.39 is 0 Å². The van der Waals surface area contributed by atoms with Crippen LogP contribution in [0.4, 0.5) is 0 Å². The summed E-state index contributed by atoms with van der Waals surface area (Å²) in [6.07, 6.45) is 1.14. The molecule has 4 aromatic rings. The minimum absolute atomic E-state index is 1.14. The molecule has 0 aliphatic carbocycles. The molecule has 0 atom stereocenters. The molecule has 0 unspecified atom stereocenters. The molecule has 0 fully saturated rings. The molecule has 0 bridgehead atoms. The second kappa shape index (κ2) is 6.91. The monoisotopic (exact) mass is 284 g/mol. The molecular formula is C22H20. The summed E-state index contributed by atoms with van der Waals surface area (Å²) in [6, 6.07) is 31.8.